The summed E-state index contributed by atoms with van der Waals surface area (Å²) in [5, 5.41) is 3.10. The predicted molar refractivity (Wildman–Crippen MR) is 71.2 cm³/mol. The van der Waals surface area contributed by atoms with Crippen LogP contribution in [0.3, 0.4) is 0 Å². The second-order valence-corrected chi connectivity index (χ2v) is 5.76. The van der Waals surface area contributed by atoms with Crippen LogP contribution in [-0.2, 0) is 9.53 Å². The molecule has 2 saturated carbocycles. The number of rotatable bonds is 4. The van der Waals surface area contributed by atoms with Crippen molar-refractivity contribution in [1.82, 2.24) is 5.32 Å². The molecule has 0 heterocycles. The zero-order valence-corrected chi connectivity index (χ0v) is 11.2. The van der Waals surface area contributed by atoms with Crippen molar-refractivity contribution >= 4 is 5.91 Å². The average molecular weight is 254 g/mol. The predicted octanol–water partition coefficient (Wildman–Crippen LogP) is 1.72. The van der Waals surface area contributed by atoms with Crippen LogP contribution in [-0.4, -0.2) is 30.7 Å². The zero-order valence-electron chi connectivity index (χ0n) is 11.2. The summed E-state index contributed by atoms with van der Waals surface area (Å²) in [6, 6.07) is 0.634. The minimum atomic E-state index is 0.0439. The van der Waals surface area contributed by atoms with Crippen molar-refractivity contribution in [1.29, 1.82) is 0 Å². The zero-order chi connectivity index (χ0) is 12.8. The second kappa shape index (κ2) is 7.10. The molecule has 0 aromatic rings. The first kappa shape index (κ1) is 13.8. The van der Waals surface area contributed by atoms with E-state index >= 15 is 0 Å². The Bertz CT molecular complexity index is 263. The number of ether oxygens (including phenoxy) is 1. The second-order valence-electron chi connectivity index (χ2n) is 5.76. The molecule has 18 heavy (non-hydrogen) atoms. The lowest BCUT2D eigenvalue weighted by Gasteiger charge is -2.17. The minimum Gasteiger partial charge on any atom is -0.368 e. The SMILES string of the molecule is NC1CCC(OCC(=O)NC2CCCCCC2)C1. The van der Waals surface area contributed by atoms with E-state index in [9.17, 15) is 4.79 Å². The maximum atomic E-state index is 11.8. The van der Waals surface area contributed by atoms with Gasteiger partial charge in [0, 0.05) is 12.1 Å². The Hall–Kier alpha value is -0.610. The van der Waals surface area contributed by atoms with Gasteiger partial charge in [-0.05, 0) is 32.1 Å². The Balaban J connectivity index is 1.62. The smallest absolute Gasteiger partial charge is 0.246 e. The fraction of sp³-hybridized carbons (Fsp3) is 0.929. The first-order valence-electron chi connectivity index (χ1n) is 7.40. The number of carbonyl (C=O) groups is 1. The van der Waals surface area contributed by atoms with Crippen LogP contribution in [0.15, 0.2) is 0 Å². The quantitative estimate of drug-likeness (QED) is 0.751. The lowest BCUT2D eigenvalue weighted by molar-refractivity contribution is -0.128. The van der Waals surface area contributed by atoms with Crippen molar-refractivity contribution in [3.05, 3.63) is 0 Å². The third kappa shape index (κ3) is 4.58. The van der Waals surface area contributed by atoms with Crippen LogP contribution in [0, 0.1) is 0 Å². The van der Waals surface area contributed by atoms with Gasteiger partial charge in [-0.1, -0.05) is 25.7 Å². The molecular weight excluding hydrogens is 228 g/mol. The first-order valence-corrected chi connectivity index (χ1v) is 7.40. The minimum absolute atomic E-state index is 0.0439. The Morgan fingerprint density at radius 3 is 2.44 bits per heavy atom. The summed E-state index contributed by atoms with van der Waals surface area (Å²) in [5.41, 5.74) is 5.82. The van der Waals surface area contributed by atoms with Gasteiger partial charge in [0.05, 0.1) is 6.10 Å². The van der Waals surface area contributed by atoms with Gasteiger partial charge in [-0.25, -0.2) is 0 Å². The third-order valence-corrected chi connectivity index (χ3v) is 4.10. The molecule has 0 aromatic heterocycles. The van der Waals surface area contributed by atoms with Crippen molar-refractivity contribution < 1.29 is 9.53 Å². The number of amides is 1. The lowest BCUT2D eigenvalue weighted by Crippen LogP contribution is -2.37. The van der Waals surface area contributed by atoms with Crippen molar-refractivity contribution in [2.75, 3.05) is 6.61 Å². The summed E-state index contributed by atoms with van der Waals surface area (Å²) in [6.07, 6.45) is 10.5. The van der Waals surface area contributed by atoms with Crippen molar-refractivity contribution in [2.45, 2.75) is 76.0 Å². The van der Waals surface area contributed by atoms with E-state index < -0.39 is 0 Å². The normalized spacial score (nSPS) is 30.1. The van der Waals surface area contributed by atoms with Crippen molar-refractivity contribution in [3.8, 4) is 0 Å². The van der Waals surface area contributed by atoms with Gasteiger partial charge in [0.15, 0.2) is 0 Å². The lowest BCUT2D eigenvalue weighted by atomic mass is 10.1. The van der Waals surface area contributed by atoms with E-state index in [0.717, 1.165) is 32.1 Å². The molecule has 0 spiro atoms. The van der Waals surface area contributed by atoms with Gasteiger partial charge >= 0.3 is 0 Å². The molecule has 1 amide bonds. The standard InChI is InChI=1S/C14H26N2O2/c15-11-7-8-13(9-11)18-10-14(17)16-12-5-3-1-2-4-6-12/h11-13H,1-10,15H2,(H,16,17). The fourth-order valence-corrected chi connectivity index (χ4v) is 3.01. The van der Waals surface area contributed by atoms with E-state index in [1.165, 1.54) is 25.7 Å². The number of carbonyl (C=O) groups excluding carboxylic acids is 1. The van der Waals surface area contributed by atoms with Gasteiger partial charge in [0.25, 0.3) is 0 Å². The number of hydrogen-bond acceptors (Lipinski definition) is 3. The van der Waals surface area contributed by atoms with Crippen LogP contribution in [0.25, 0.3) is 0 Å². The largest absolute Gasteiger partial charge is 0.368 e. The maximum Gasteiger partial charge on any atom is 0.246 e. The van der Waals surface area contributed by atoms with E-state index in [1.807, 2.05) is 0 Å². The fourth-order valence-electron chi connectivity index (χ4n) is 3.01. The number of nitrogens with one attached hydrogen (secondary N) is 1. The summed E-state index contributed by atoms with van der Waals surface area (Å²) in [6.45, 7) is 0.202. The van der Waals surface area contributed by atoms with Gasteiger partial charge in [-0.2, -0.15) is 0 Å². The van der Waals surface area contributed by atoms with E-state index in [-0.39, 0.29) is 24.7 Å². The van der Waals surface area contributed by atoms with Crippen LogP contribution >= 0.6 is 0 Å². The van der Waals surface area contributed by atoms with Crippen LogP contribution in [0.1, 0.15) is 57.8 Å². The van der Waals surface area contributed by atoms with Gasteiger partial charge in [-0.3, -0.25) is 4.79 Å². The summed E-state index contributed by atoms with van der Waals surface area (Å²) in [7, 11) is 0. The Kier molecular flexibility index (Phi) is 5.45. The molecule has 0 bridgehead atoms. The number of hydrogen-bond donors (Lipinski definition) is 2. The average Bonchev–Trinajstić information content (AvgIpc) is 2.60. The molecule has 2 aliphatic rings. The highest BCUT2D eigenvalue weighted by atomic mass is 16.5. The summed E-state index contributed by atoms with van der Waals surface area (Å²) >= 11 is 0. The molecule has 2 atom stereocenters. The highest BCUT2D eigenvalue weighted by molar-refractivity contribution is 5.77. The van der Waals surface area contributed by atoms with Crippen LogP contribution in [0.4, 0.5) is 0 Å². The van der Waals surface area contributed by atoms with Crippen molar-refractivity contribution in [2.24, 2.45) is 5.73 Å². The van der Waals surface area contributed by atoms with Gasteiger partial charge in [0.1, 0.15) is 6.61 Å². The first-order chi connectivity index (χ1) is 8.74. The molecule has 4 heteroatoms. The van der Waals surface area contributed by atoms with Gasteiger partial charge < -0.3 is 15.8 Å². The Morgan fingerprint density at radius 2 is 1.83 bits per heavy atom. The molecule has 2 aliphatic carbocycles. The molecule has 0 saturated heterocycles. The van der Waals surface area contributed by atoms with Gasteiger partial charge in [-0.15, -0.1) is 0 Å². The Labute approximate surface area is 110 Å². The molecule has 2 unspecified atom stereocenters. The maximum absolute atomic E-state index is 11.8. The summed E-state index contributed by atoms with van der Waals surface area (Å²) < 4.78 is 5.62. The van der Waals surface area contributed by atoms with Crippen molar-refractivity contribution in [3.63, 3.8) is 0 Å². The highest BCUT2D eigenvalue weighted by Gasteiger charge is 2.23. The van der Waals surface area contributed by atoms with Crippen LogP contribution in [0.2, 0.25) is 0 Å². The third-order valence-electron chi connectivity index (χ3n) is 4.10. The van der Waals surface area contributed by atoms with E-state index in [2.05, 4.69) is 5.32 Å². The van der Waals surface area contributed by atoms with Gasteiger partial charge in [0.2, 0.25) is 5.91 Å². The monoisotopic (exact) mass is 254 g/mol. The summed E-state index contributed by atoms with van der Waals surface area (Å²) in [4.78, 5) is 11.8. The topological polar surface area (TPSA) is 64.3 Å². The van der Waals surface area contributed by atoms with Crippen LogP contribution in [0.5, 0.6) is 0 Å². The Morgan fingerprint density at radius 1 is 1.11 bits per heavy atom. The number of nitrogens with two attached hydrogens (primary N) is 1. The summed E-state index contributed by atoms with van der Waals surface area (Å²) in [5.74, 6) is 0.0439. The molecule has 2 fully saturated rings. The molecule has 104 valence electrons. The molecular formula is C14H26N2O2. The molecule has 0 radical (unpaired) electrons. The van der Waals surface area contributed by atoms with E-state index in [0.29, 0.717) is 6.04 Å². The van der Waals surface area contributed by atoms with Crippen LogP contribution < -0.4 is 11.1 Å². The highest BCUT2D eigenvalue weighted by Crippen LogP contribution is 2.20. The molecule has 0 aromatic carbocycles. The molecule has 3 N–H and O–H groups in total. The molecule has 4 nitrogen and oxygen atoms in total. The molecule has 2 rings (SSSR count). The van der Waals surface area contributed by atoms with E-state index in [1.54, 1.807) is 0 Å². The molecule has 0 aliphatic heterocycles. The van der Waals surface area contributed by atoms with E-state index in [4.69, 9.17) is 10.5 Å².